The standard InChI is InChI=1S/C13H23O4P/c1-5-16-18(15,17-6-2)12-10-7-9(8-11(12)14)13(10,3)4/h9-10,12H,5-8H2,1-4H3/t9?,10?,12-/m1/s1. The topological polar surface area (TPSA) is 52.6 Å². The zero-order chi connectivity index (χ0) is 13.6. The average molecular weight is 274 g/mol. The molecule has 0 N–H and O–H groups in total. The number of carbonyl (C=O) groups is 1. The van der Waals surface area contributed by atoms with Crippen molar-refractivity contribution in [2.24, 2.45) is 17.3 Å². The molecule has 0 aromatic heterocycles. The van der Waals surface area contributed by atoms with Crippen LogP contribution in [0.3, 0.4) is 0 Å². The smallest absolute Gasteiger partial charge is 0.308 e. The van der Waals surface area contributed by atoms with Gasteiger partial charge < -0.3 is 9.05 Å². The molecule has 0 saturated heterocycles. The molecule has 3 atom stereocenters. The molecule has 0 heterocycles. The Balaban J connectivity index is 2.28. The van der Waals surface area contributed by atoms with Crippen molar-refractivity contribution in [3.8, 4) is 0 Å². The van der Waals surface area contributed by atoms with Gasteiger partial charge in [0.2, 0.25) is 0 Å². The second-order valence-electron chi connectivity index (χ2n) is 5.85. The van der Waals surface area contributed by atoms with Gasteiger partial charge in [-0.3, -0.25) is 9.36 Å². The lowest BCUT2D eigenvalue weighted by atomic mass is 9.48. The van der Waals surface area contributed by atoms with Crippen LogP contribution in [0.15, 0.2) is 0 Å². The van der Waals surface area contributed by atoms with E-state index in [9.17, 15) is 9.36 Å². The van der Waals surface area contributed by atoms with Crippen molar-refractivity contribution >= 4 is 13.4 Å². The van der Waals surface area contributed by atoms with Gasteiger partial charge in [0.1, 0.15) is 11.4 Å². The highest BCUT2D eigenvalue weighted by Gasteiger charge is 2.63. The molecule has 5 heteroatoms. The van der Waals surface area contributed by atoms with Crippen molar-refractivity contribution in [1.29, 1.82) is 0 Å². The van der Waals surface area contributed by atoms with Crippen LogP contribution in [-0.4, -0.2) is 24.7 Å². The highest BCUT2D eigenvalue weighted by atomic mass is 31.2. The molecule has 0 amide bonds. The number of hydrogen-bond donors (Lipinski definition) is 0. The highest BCUT2D eigenvalue weighted by Crippen LogP contribution is 2.68. The molecule has 3 saturated carbocycles. The normalized spacial score (nSPS) is 34.2. The van der Waals surface area contributed by atoms with Gasteiger partial charge in [-0.2, -0.15) is 0 Å². The first-order chi connectivity index (χ1) is 8.36. The van der Waals surface area contributed by atoms with E-state index in [2.05, 4.69) is 13.8 Å². The van der Waals surface area contributed by atoms with Crippen LogP contribution < -0.4 is 0 Å². The Hall–Kier alpha value is -0.180. The fourth-order valence-electron chi connectivity index (χ4n) is 3.48. The lowest BCUT2D eigenvalue weighted by Gasteiger charge is -2.59. The minimum Gasteiger partial charge on any atom is -0.308 e. The zero-order valence-electron chi connectivity index (χ0n) is 11.6. The van der Waals surface area contributed by atoms with Crippen LogP contribution in [0.4, 0.5) is 0 Å². The lowest BCUT2D eigenvalue weighted by molar-refractivity contribution is -0.141. The summed E-state index contributed by atoms with van der Waals surface area (Å²) in [6, 6.07) is 0. The third-order valence-corrected chi connectivity index (χ3v) is 7.23. The van der Waals surface area contributed by atoms with E-state index in [1.165, 1.54) is 0 Å². The van der Waals surface area contributed by atoms with E-state index in [4.69, 9.17) is 9.05 Å². The van der Waals surface area contributed by atoms with Crippen molar-refractivity contribution in [3.63, 3.8) is 0 Å². The molecule has 2 unspecified atom stereocenters. The van der Waals surface area contributed by atoms with Gasteiger partial charge in [0, 0.05) is 6.42 Å². The van der Waals surface area contributed by atoms with Crippen molar-refractivity contribution < 1.29 is 18.4 Å². The van der Waals surface area contributed by atoms with E-state index in [0.717, 1.165) is 6.42 Å². The summed E-state index contributed by atoms with van der Waals surface area (Å²) in [5.74, 6) is 0.663. The van der Waals surface area contributed by atoms with Crippen LogP contribution in [0.1, 0.15) is 40.5 Å². The monoisotopic (exact) mass is 274 g/mol. The number of ketones is 1. The summed E-state index contributed by atoms with van der Waals surface area (Å²) in [6.07, 6.45) is 1.51. The molecule has 3 fully saturated rings. The third kappa shape index (κ3) is 1.99. The Kier molecular flexibility index (Phi) is 3.74. The SMILES string of the molecule is CCOP(=O)(OCC)[C@H]1C(=O)CC2CC1C2(C)C. The molecule has 4 nitrogen and oxygen atoms in total. The van der Waals surface area contributed by atoms with E-state index in [-0.39, 0.29) is 17.1 Å². The van der Waals surface area contributed by atoms with E-state index < -0.39 is 13.3 Å². The molecule has 18 heavy (non-hydrogen) atoms. The van der Waals surface area contributed by atoms with Gasteiger partial charge in [-0.15, -0.1) is 0 Å². The minimum absolute atomic E-state index is 0.0702. The first-order valence-electron chi connectivity index (χ1n) is 6.78. The van der Waals surface area contributed by atoms with Gasteiger partial charge in [-0.05, 0) is 37.5 Å². The lowest BCUT2D eigenvalue weighted by Crippen LogP contribution is -2.58. The summed E-state index contributed by atoms with van der Waals surface area (Å²) in [6.45, 7) is 8.53. The predicted molar refractivity (Wildman–Crippen MR) is 69.6 cm³/mol. The number of fused-ring (bicyclic) bond motifs is 2. The van der Waals surface area contributed by atoms with Gasteiger partial charge in [-0.25, -0.2) is 0 Å². The summed E-state index contributed by atoms with van der Waals surface area (Å²) in [5.41, 5.74) is -0.458. The second-order valence-corrected chi connectivity index (χ2v) is 8.00. The Bertz CT molecular complexity index is 380. The number of rotatable bonds is 5. The maximum absolute atomic E-state index is 12.8. The van der Waals surface area contributed by atoms with Crippen LogP contribution in [-0.2, 0) is 18.4 Å². The largest absolute Gasteiger partial charge is 0.341 e. The highest BCUT2D eigenvalue weighted by molar-refractivity contribution is 7.55. The van der Waals surface area contributed by atoms with Crippen molar-refractivity contribution in [3.05, 3.63) is 0 Å². The summed E-state index contributed by atoms with van der Waals surface area (Å²) in [5, 5.41) is 0. The van der Waals surface area contributed by atoms with Crippen molar-refractivity contribution in [2.75, 3.05) is 13.2 Å². The van der Waals surface area contributed by atoms with Gasteiger partial charge in [0.05, 0.1) is 13.2 Å². The molecular weight excluding hydrogens is 251 g/mol. The van der Waals surface area contributed by atoms with Crippen LogP contribution in [0.2, 0.25) is 0 Å². The molecule has 0 aromatic carbocycles. The molecule has 0 spiro atoms. The Morgan fingerprint density at radius 2 is 1.83 bits per heavy atom. The summed E-state index contributed by atoms with van der Waals surface area (Å²) >= 11 is 0. The average Bonchev–Trinajstić information content (AvgIpc) is 2.28. The van der Waals surface area contributed by atoms with Gasteiger partial charge in [-0.1, -0.05) is 13.8 Å². The van der Waals surface area contributed by atoms with E-state index >= 15 is 0 Å². The maximum atomic E-state index is 12.8. The fraction of sp³-hybridized carbons (Fsp3) is 0.923. The van der Waals surface area contributed by atoms with Crippen LogP contribution in [0.25, 0.3) is 0 Å². The van der Waals surface area contributed by atoms with Crippen molar-refractivity contribution in [2.45, 2.75) is 46.2 Å². The fourth-order valence-corrected chi connectivity index (χ4v) is 6.00. The summed E-state index contributed by atoms with van der Waals surface area (Å²) in [4.78, 5) is 12.2. The van der Waals surface area contributed by atoms with E-state index in [0.29, 0.717) is 25.6 Å². The van der Waals surface area contributed by atoms with Crippen LogP contribution in [0.5, 0.6) is 0 Å². The molecule has 0 radical (unpaired) electrons. The zero-order valence-corrected chi connectivity index (χ0v) is 12.5. The summed E-state index contributed by atoms with van der Waals surface area (Å²) in [7, 11) is -3.30. The number of carbonyl (C=O) groups excluding carboxylic acids is 1. The quantitative estimate of drug-likeness (QED) is 0.722. The maximum Gasteiger partial charge on any atom is 0.341 e. The Morgan fingerprint density at radius 1 is 1.28 bits per heavy atom. The third-order valence-electron chi connectivity index (χ3n) is 4.66. The molecule has 0 aromatic rings. The predicted octanol–water partition coefficient (Wildman–Crippen LogP) is 3.26. The van der Waals surface area contributed by atoms with Gasteiger partial charge in [0.15, 0.2) is 0 Å². The van der Waals surface area contributed by atoms with Crippen molar-refractivity contribution in [1.82, 2.24) is 0 Å². The Morgan fingerprint density at radius 3 is 2.28 bits per heavy atom. The summed E-state index contributed by atoms with van der Waals surface area (Å²) < 4.78 is 23.6. The van der Waals surface area contributed by atoms with Crippen LogP contribution >= 0.6 is 7.60 Å². The van der Waals surface area contributed by atoms with Gasteiger partial charge in [0.25, 0.3) is 0 Å². The minimum atomic E-state index is -3.30. The molecule has 3 rings (SSSR count). The molecule has 104 valence electrons. The first kappa shape index (κ1) is 14.2. The second kappa shape index (κ2) is 4.73. The molecule has 0 aliphatic heterocycles. The molecule has 3 aliphatic rings. The Labute approximate surface area is 109 Å². The van der Waals surface area contributed by atoms with E-state index in [1.807, 2.05) is 0 Å². The van der Waals surface area contributed by atoms with Crippen LogP contribution in [0, 0.1) is 17.3 Å². The van der Waals surface area contributed by atoms with E-state index in [1.54, 1.807) is 13.8 Å². The molecular formula is C13H23O4P. The van der Waals surface area contributed by atoms with Gasteiger partial charge >= 0.3 is 7.60 Å². The first-order valence-corrected chi connectivity index (χ1v) is 8.39. The molecule has 3 aliphatic carbocycles. The number of Topliss-reactive ketones (excluding diaryl/α,β-unsaturated/α-hetero) is 1. The molecule has 2 bridgehead atoms. The number of hydrogen-bond acceptors (Lipinski definition) is 4.